The predicted molar refractivity (Wildman–Crippen MR) is 123 cm³/mol. The monoisotopic (exact) mass is 486 g/mol. The molecule has 0 aromatic heterocycles. The zero-order valence-corrected chi connectivity index (χ0v) is 20.1. The maximum atomic E-state index is 12.9. The van der Waals surface area contributed by atoms with Crippen molar-refractivity contribution in [2.45, 2.75) is 84.0 Å². The summed E-state index contributed by atoms with van der Waals surface area (Å²) in [5.41, 5.74) is 16.1. The normalized spacial score (nSPS) is 14.6. The molecule has 0 aromatic rings. The average Bonchev–Trinajstić information content (AvgIpc) is 2.70. The van der Waals surface area contributed by atoms with Gasteiger partial charge in [0.2, 0.25) is 29.5 Å². The molecule has 0 aliphatic rings. The highest BCUT2D eigenvalue weighted by atomic mass is 16.4. The molecule has 5 amide bonds. The number of amides is 5. The van der Waals surface area contributed by atoms with E-state index in [2.05, 4.69) is 16.0 Å². The molecule has 0 aliphatic heterocycles. The number of nitrogens with one attached hydrogen (secondary N) is 3. The first kappa shape index (κ1) is 30.8. The number of carbonyl (C=O) groups is 6. The number of carboxylic acid groups (broad SMARTS) is 1. The maximum absolute atomic E-state index is 12.9. The second-order valence-corrected chi connectivity index (χ2v) is 8.94. The minimum absolute atomic E-state index is 0.121. The largest absolute Gasteiger partial charge is 0.480 e. The number of hydrogen-bond donors (Lipinski definition) is 7. The van der Waals surface area contributed by atoms with Crippen molar-refractivity contribution in [3.63, 3.8) is 0 Å². The summed E-state index contributed by atoms with van der Waals surface area (Å²) in [6.45, 7) is 7.01. The first-order valence-corrected chi connectivity index (χ1v) is 11.1. The van der Waals surface area contributed by atoms with Gasteiger partial charge in [0.25, 0.3) is 0 Å². The molecule has 0 heterocycles. The molecule has 0 aromatic carbocycles. The molecule has 13 nitrogen and oxygen atoms in total. The lowest BCUT2D eigenvalue weighted by molar-refractivity contribution is -0.143. The van der Waals surface area contributed by atoms with E-state index in [1.54, 1.807) is 13.8 Å². The van der Waals surface area contributed by atoms with Gasteiger partial charge in [0, 0.05) is 12.8 Å². The molecule has 0 spiro atoms. The van der Waals surface area contributed by atoms with Gasteiger partial charge in [-0.25, -0.2) is 4.79 Å². The molecule has 0 fully saturated rings. The first-order chi connectivity index (χ1) is 15.6. The van der Waals surface area contributed by atoms with Crippen LogP contribution in [0.25, 0.3) is 0 Å². The minimum atomic E-state index is -1.39. The summed E-state index contributed by atoms with van der Waals surface area (Å²) < 4.78 is 0. The second-order valence-electron chi connectivity index (χ2n) is 8.94. The summed E-state index contributed by atoms with van der Waals surface area (Å²) in [6.07, 6.45) is -0.433. The Bertz CT molecular complexity index is 756. The molecule has 4 unspecified atom stereocenters. The van der Waals surface area contributed by atoms with Gasteiger partial charge in [0.05, 0.1) is 6.04 Å². The predicted octanol–water partition coefficient (Wildman–Crippen LogP) is -1.91. The van der Waals surface area contributed by atoms with Crippen LogP contribution in [0, 0.1) is 11.8 Å². The molecule has 0 radical (unpaired) electrons. The van der Waals surface area contributed by atoms with Crippen molar-refractivity contribution < 1.29 is 33.9 Å². The lowest BCUT2D eigenvalue weighted by Crippen LogP contribution is -2.58. The van der Waals surface area contributed by atoms with Gasteiger partial charge in [-0.2, -0.15) is 0 Å². The fraction of sp³-hybridized carbons (Fsp3) is 0.714. The highest BCUT2D eigenvalue weighted by molar-refractivity contribution is 5.94. The molecular weight excluding hydrogens is 448 g/mol. The van der Waals surface area contributed by atoms with E-state index in [9.17, 15) is 33.9 Å². The van der Waals surface area contributed by atoms with Crippen molar-refractivity contribution in [2.24, 2.45) is 29.0 Å². The molecule has 0 rings (SSSR count). The fourth-order valence-electron chi connectivity index (χ4n) is 3.04. The van der Waals surface area contributed by atoms with Crippen LogP contribution >= 0.6 is 0 Å². The van der Waals surface area contributed by atoms with Crippen molar-refractivity contribution in [3.05, 3.63) is 0 Å². The van der Waals surface area contributed by atoms with Crippen LogP contribution in [0.4, 0.5) is 0 Å². The maximum Gasteiger partial charge on any atom is 0.326 e. The van der Waals surface area contributed by atoms with Crippen molar-refractivity contribution in [2.75, 3.05) is 0 Å². The van der Waals surface area contributed by atoms with Gasteiger partial charge in [-0.3, -0.25) is 24.0 Å². The molecule has 10 N–H and O–H groups in total. The Labute approximate surface area is 198 Å². The quantitative estimate of drug-likeness (QED) is 0.129. The number of carbonyl (C=O) groups excluding carboxylic acids is 5. The number of carboxylic acids is 1. The van der Waals surface area contributed by atoms with Gasteiger partial charge in [0.15, 0.2) is 0 Å². The Balaban J connectivity index is 5.48. The van der Waals surface area contributed by atoms with Gasteiger partial charge in [-0.1, -0.05) is 27.7 Å². The van der Waals surface area contributed by atoms with E-state index in [0.717, 1.165) is 0 Å². The van der Waals surface area contributed by atoms with E-state index < -0.39 is 65.6 Å². The van der Waals surface area contributed by atoms with Gasteiger partial charge in [0.1, 0.15) is 18.1 Å². The Kier molecular flexibility index (Phi) is 13.4. The lowest BCUT2D eigenvalue weighted by atomic mass is 10.0. The van der Waals surface area contributed by atoms with Crippen molar-refractivity contribution >= 4 is 35.5 Å². The number of aliphatic carboxylic acids is 1. The van der Waals surface area contributed by atoms with Gasteiger partial charge >= 0.3 is 5.97 Å². The van der Waals surface area contributed by atoms with E-state index in [1.165, 1.54) is 0 Å². The van der Waals surface area contributed by atoms with Crippen LogP contribution in [0.1, 0.15) is 59.8 Å². The SMILES string of the molecule is CC(C)CC(N)C(=O)NC(CCC(N)=O)C(=O)NC(C(=O)NC(CCC(N)=O)C(=O)O)C(C)C. The van der Waals surface area contributed by atoms with Crippen LogP contribution in [0.2, 0.25) is 0 Å². The Hall–Kier alpha value is -3.22. The summed E-state index contributed by atoms with van der Waals surface area (Å²) >= 11 is 0. The topological polar surface area (TPSA) is 237 Å². The smallest absolute Gasteiger partial charge is 0.326 e. The van der Waals surface area contributed by atoms with Gasteiger partial charge in [-0.15, -0.1) is 0 Å². The number of nitrogens with two attached hydrogens (primary N) is 3. The molecule has 0 bridgehead atoms. The Morgan fingerprint density at radius 1 is 0.735 bits per heavy atom. The van der Waals surface area contributed by atoms with Crippen LogP contribution in [-0.4, -0.2) is 64.8 Å². The summed E-state index contributed by atoms with van der Waals surface area (Å²) in [4.78, 5) is 71.7. The third-order valence-corrected chi connectivity index (χ3v) is 4.92. The van der Waals surface area contributed by atoms with E-state index in [-0.39, 0.29) is 31.6 Å². The highest BCUT2D eigenvalue weighted by Gasteiger charge is 2.32. The van der Waals surface area contributed by atoms with E-state index in [1.807, 2.05) is 13.8 Å². The molecule has 0 saturated heterocycles. The van der Waals surface area contributed by atoms with Crippen molar-refractivity contribution in [3.8, 4) is 0 Å². The van der Waals surface area contributed by atoms with Crippen LogP contribution in [-0.2, 0) is 28.8 Å². The molecule has 34 heavy (non-hydrogen) atoms. The first-order valence-electron chi connectivity index (χ1n) is 11.1. The molecule has 194 valence electrons. The van der Waals surface area contributed by atoms with Crippen LogP contribution < -0.4 is 33.2 Å². The van der Waals surface area contributed by atoms with Crippen LogP contribution in [0.15, 0.2) is 0 Å². The third-order valence-electron chi connectivity index (χ3n) is 4.92. The zero-order chi connectivity index (χ0) is 26.6. The van der Waals surface area contributed by atoms with E-state index in [4.69, 9.17) is 17.2 Å². The fourth-order valence-corrected chi connectivity index (χ4v) is 3.04. The molecule has 0 saturated carbocycles. The van der Waals surface area contributed by atoms with Gasteiger partial charge in [-0.05, 0) is 31.1 Å². The molecular formula is C21H38N6O7. The Morgan fingerprint density at radius 3 is 1.62 bits per heavy atom. The standard InChI is InChI=1S/C21H38N6O7/c1-10(2)9-12(22)18(30)25-13(5-7-15(23)28)19(31)27-17(11(3)4)20(32)26-14(21(33)34)6-8-16(24)29/h10-14,17H,5-9,22H2,1-4H3,(H2,23,28)(H2,24,29)(H,25,30)(H,26,32)(H,27,31)(H,33,34). The summed E-state index contributed by atoms with van der Waals surface area (Å²) in [6, 6.07) is -4.63. The van der Waals surface area contributed by atoms with E-state index >= 15 is 0 Å². The summed E-state index contributed by atoms with van der Waals surface area (Å²) in [5, 5.41) is 16.6. The third kappa shape index (κ3) is 12.1. The van der Waals surface area contributed by atoms with Crippen LogP contribution in [0.5, 0.6) is 0 Å². The molecule has 4 atom stereocenters. The zero-order valence-electron chi connectivity index (χ0n) is 20.1. The lowest BCUT2D eigenvalue weighted by Gasteiger charge is -2.27. The Morgan fingerprint density at radius 2 is 1.21 bits per heavy atom. The number of primary amides is 2. The number of rotatable bonds is 16. The molecule has 0 aliphatic carbocycles. The van der Waals surface area contributed by atoms with Crippen molar-refractivity contribution in [1.82, 2.24) is 16.0 Å². The summed E-state index contributed by atoms with van der Waals surface area (Å²) in [5.74, 6) is -5.26. The second kappa shape index (κ2) is 14.8. The van der Waals surface area contributed by atoms with Crippen LogP contribution in [0.3, 0.4) is 0 Å². The number of hydrogen-bond acceptors (Lipinski definition) is 7. The summed E-state index contributed by atoms with van der Waals surface area (Å²) in [7, 11) is 0. The van der Waals surface area contributed by atoms with E-state index in [0.29, 0.717) is 6.42 Å². The van der Waals surface area contributed by atoms with Crippen molar-refractivity contribution in [1.29, 1.82) is 0 Å². The molecule has 13 heteroatoms. The van der Waals surface area contributed by atoms with Gasteiger partial charge < -0.3 is 38.3 Å². The highest BCUT2D eigenvalue weighted by Crippen LogP contribution is 2.08. The minimum Gasteiger partial charge on any atom is -0.480 e. The average molecular weight is 487 g/mol.